The lowest BCUT2D eigenvalue weighted by Crippen LogP contribution is -2.70. The van der Waals surface area contributed by atoms with Gasteiger partial charge in [-0.1, -0.05) is 78.3 Å². The molecule has 48 heavy (non-hydrogen) atoms. The van der Waals surface area contributed by atoms with Gasteiger partial charge in [-0.3, -0.25) is 0 Å². The molecule has 9 fully saturated rings. The van der Waals surface area contributed by atoms with Gasteiger partial charge in [0.25, 0.3) is 0 Å². The van der Waals surface area contributed by atoms with Crippen LogP contribution in [-0.4, -0.2) is 0 Å². The summed E-state index contributed by atoms with van der Waals surface area (Å²) in [6, 6.07) is 31.7. The average Bonchev–Trinajstić information content (AvgIpc) is 3.78. The van der Waals surface area contributed by atoms with Crippen LogP contribution in [0.5, 0.6) is 0 Å². The Morgan fingerprint density at radius 1 is 0.604 bits per heavy atom. The standard InChI is InChI=1S/C47H43Cl/c1-24-7-6-12-35-41(24)31-9-3-5-11-34(31)47(35)37-17-28-23-45(47)22-27(16-36(37)45)42(28)32-18-29(48)19-38-43(32)30-8-2-4-10-33(30)46(38)39-14-25-13-26-15-40(46)44(39,20-25)21-26/h2-12,18-19,25-28,36-37,39-40,42H,13-17,20-23H2,1H3. The Balaban J connectivity index is 0.948. The second-order valence-corrected chi connectivity index (χ2v) is 19.6. The quantitative estimate of drug-likeness (QED) is 0.194. The zero-order valence-corrected chi connectivity index (χ0v) is 28.7. The van der Waals surface area contributed by atoms with Gasteiger partial charge in [0.2, 0.25) is 0 Å². The monoisotopic (exact) mass is 642 g/mol. The van der Waals surface area contributed by atoms with E-state index in [-0.39, 0.29) is 10.8 Å². The van der Waals surface area contributed by atoms with E-state index in [1.165, 1.54) is 63.4 Å². The number of hydrogen-bond acceptors (Lipinski definition) is 0. The van der Waals surface area contributed by atoms with Crippen molar-refractivity contribution < 1.29 is 0 Å². The van der Waals surface area contributed by atoms with Gasteiger partial charge in [-0.15, -0.1) is 0 Å². The lowest BCUT2D eigenvalue weighted by molar-refractivity contribution is -0.180. The van der Waals surface area contributed by atoms with Crippen molar-refractivity contribution in [3.63, 3.8) is 0 Å². The highest BCUT2D eigenvalue weighted by Gasteiger charge is 2.83. The second-order valence-electron chi connectivity index (χ2n) is 19.2. The van der Waals surface area contributed by atoms with E-state index in [4.69, 9.17) is 11.6 Å². The van der Waals surface area contributed by atoms with Crippen molar-refractivity contribution in [3.05, 3.63) is 117 Å². The molecule has 0 aromatic heterocycles. The summed E-state index contributed by atoms with van der Waals surface area (Å²) in [7, 11) is 0. The van der Waals surface area contributed by atoms with Gasteiger partial charge < -0.3 is 0 Å². The number of halogens is 1. The minimum absolute atomic E-state index is 0.223. The van der Waals surface area contributed by atoms with Gasteiger partial charge in [0.15, 0.2) is 0 Å². The summed E-state index contributed by atoms with van der Waals surface area (Å²) in [6.07, 6.45) is 13.1. The Morgan fingerprint density at radius 2 is 1.27 bits per heavy atom. The molecule has 238 valence electrons. The molecule has 0 saturated heterocycles. The zero-order valence-electron chi connectivity index (χ0n) is 27.9. The summed E-state index contributed by atoms with van der Waals surface area (Å²) >= 11 is 7.39. The molecule has 1 heteroatoms. The van der Waals surface area contributed by atoms with Crippen LogP contribution in [0.25, 0.3) is 22.3 Å². The topological polar surface area (TPSA) is 0 Å². The number of aryl methyl sites for hydroxylation is 1. The maximum Gasteiger partial charge on any atom is 0.0412 e. The molecule has 0 N–H and O–H groups in total. The maximum absolute atomic E-state index is 7.39. The summed E-state index contributed by atoms with van der Waals surface area (Å²) in [5.41, 5.74) is 17.8. The highest BCUT2D eigenvalue weighted by Crippen LogP contribution is 2.89. The fraction of sp³-hybridized carbons (Fsp3) is 0.489. The van der Waals surface area contributed by atoms with Crippen LogP contribution in [0.3, 0.4) is 0 Å². The number of fused-ring (bicyclic) bond motifs is 13. The van der Waals surface area contributed by atoms with Gasteiger partial charge in [0.05, 0.1) is 0 Å². The minimum Gasteiger partial charge on any atom is -0.0843 e. The summed E-state index contributed by atoms with van der Waals surface area (Å²) in [4.78, 5) is 0. The first-order valence-electron chi connectivity index (χ1n) is 19.6. The van der Waals surface area contributed by atoms with Crippen molar-refractivity contribution in [2.24, 2.45) is 58.2 Å². The van der Waals surface area contributed by atoms with E-state index in [0.29, 0.717) is 16.7 Å². The van der Waals surface area contributed by atoms with Crippen molar-refractivity contribution in [3.8, 4) is 22.3 Å². The van der Waals surface area contributed by atoms with Gasteiger partial charge in [-0.2, -0.15) is 0 Å². The molecule has 4 spiro atoms. The van der Waals surface area contributed by atoms with Gasteiger partial charge >= 0.3 is 0 Å². The van der Waals surface area contributed by atoms with Crippen LogP contribution in [0.1, 0.15) is 97.1 Å². The van der Waals surface area contributed by atoms with Crippen LogP contribution in [0.2, 0.25) is 5.02 Å². The SMILES string of the molecule is Cc1cccc2c1-c1ccccc1C21C2CC3CC14CC(CC24)C3c1cc(Cl)cc2c1-c1ccccc1C21C2CC3CC4CC1C2(C3)C4. The largest absolute Gasteiger partial charge is 0.0843 e. The number of rotatable bonds is 1. The van der Waals surface area contributed by atoms with Crippen LogP contribution in [-0.2, 0) is 10.8 Å². The van der Waals surface area contributed by atoms with Crippen LogP contribution >= 0.6 is 11.6 Å². The van der Waals surface area contributed by atoms with E-state index in [1.807, 2.05) is 0 Å². The molecular weight excluding hydrogens is 600 g/mol. The van der Waals surface area contributed by atoms with E-state index in [0.717, 1.165) is 52.4 Å². The summed E-state index contributed by atoms with van der Waals surface area (Å²) in [5, 5.41) is 1.03. The Hall–Kier alpha value is -2.83. The van der Waals surface area contributed by atoms with E-state index in [1.54, 1.807) is 50.1 Å². The van der Waals surface area contributed by atoms with Gasteiger partial charge in [0, 0.05) is 15.9 Å². The minimum atomic E-state index is 0.223. The third kappa shape index (κ3) is 2.31. The highest BCUT2D eigenvalue weighted by molar-refractivity contribution is 6.31. The van der Waals surface area contributed by atoms with Crippen molar-refractivity contribution in [2.45, 2.75) is 81.5 Å². The molecule has 9 saturated carbocycles. The second kappa shape index (κ2) is 7.73. The van der Waals surface area contributed by atoms with Gasteiger partial charge in [-0.05, 0) is 197 Å². The lowest BCUT2D eigenvalue weighted by Gasteiger charge is -2.73. The molecule has 7 bridgehead atoms. The normalized spacial score (nSPS) is 47.2. The summed E-state index contributed by atoms with van der Waals surface area (Å²) < 4.78 is 0. The maximum atomic E-state index is 7.39. The van der Waals surface area contributed by atoms with Crippen molar-refractivity contribution in [1.82, 2.24) is 0 Å². The van der Waals surface area contributed by atoms with E-state index >= 15 is 0 Å². The Labute approximate surface area is 289 Å². The van der Waals surface area contributed by atoms with Crippen molar-refractivity contribution >= 4 is 11.6 Å². The first kappa shape index (κ1) is 26.0. The molecule has 4 aromatic rings. The third-order valence-corrected chi connectivity index (χ3v) is 18.7. The Bertz CT molecular complexity index is 2180. The molecule has 0 nitrogen and oxygen atoms in total. The summed E-state index contributed by atoms with van der Waals surface area (Å²) in [6.45, 7) is 2.36. The molecule has 11 unspecified atom stereocenters. The predicted octanol–water partition coefficient (Wildman–Crippen LogP) is 11.5. The molecule has 0 aliphatic heterocycles. The molecule has 11 atom stereocenters. The Morgan fingerprint density at radius 3 is 2.04 bits per heavy atom. The Kier molecular flexibility index (Phi) is 4.20. The van der Waals surface area contributed by atoms with E-state index < -0.39 is 0 Å². The van der Waals surface area contributed by atoms with Gasteiger partial charge in [0.1, 0.15) is 0 Å². The number of hydrogen-bond donors (Lipinski definition) is 0. The van der Waals surface area contributed by atoms with Crippen LogP contribution < -0.4 is 0 Å². The van der Waals surface area contributed by atoms with Gasteiger partial charge in [-0.25, -0.2) is 0 Å². The fourth-order valence-electron chi connectivity index (χ4n) is 18.4. The van der Waals surface area contributed by atoms with Crippen molar-refractivity contribution in [2.75, 3.05) is 0 Å². The molecule has 15 rings (SSSR count). The zero-order chi connectivity index (χ0) is 31.1. The predicted molar refractivity (Wildman–Crippen MR) is 192 cm³/mol. The molecular formula is C47H43Cl. The first-order valence-corrected chi connectivity index (χ1v) is 20.0. The lowest BCUT2D eigenvalue weighted by atomic mass is 9.29. The van der Waals surface area contributed by atoms with E-state index in [2.05, 4.69) is 85.8 Å². The molecule has 0 radical (unpaired) electrons. The molecule has 11 aliphatic rings. The molecule has 11 aliphatic carbocycles. The highest BCUT2D eigenvalue weighted by atomic mass is 35.5. The smallest absolute Gasteiger partial charge is 0.0412 e. The number of benzene rings is 4. The average molecular weight is 643 g/mol. The third-order valence-electron chi connectivity index (χ3n) is 18.4. The molecule has 0 amide bonds. The fourth-order valence-corrected chi connectivity index (χ4v) is 18.6. The van der Waals surface area contributed by atoms with E-state index in [9.17, 15) is 0 Å². The van der Waals surface area contributed by atoms with Crippen LogP contribution in [0.15, 0.2) is 78.9 Å². The molecule has 4 aromatic carbocycles. The van der Waals surface area contributed by atoms with Crippen LogP contribution in [0.4, 0.5) is 0 Å². The summed E-state index contributed by atoms with van der Waals surface area (Å²) in [5.74, 6) is 7.47. The van der Waals surface area contributed by atoms with Crippen LogP contribution in [0, 0.1) is 65.1 Å². The molecule has 0 heterocycles. The van der Waals surface area contributed by atoms with Crippen molar-refractivity contribution in [1.29, 1.82) is 0 Å². The first-order chi connectivity index (χ1) is 23.5.